The van der Waals surface area contributed by atoms with E-state index < -0.39 is 0 Å². The maximum absolute atomic E-state index is 11.0. The first kappa shape index (κ1) is 11.6. The zero-order chi connectivity index (χ0) is 11.3. The van der Waals surface area contributed by atoms with E-state index in [9.17, 15) is 4.79 Å². The Balaban J connectivity index is 2.47. The lowest BCUT2D eigenvalue weighted by atomic mass is 9.98. The number of hydrogen-bond acceptors (Lipinski definition) is 3. The van der Waals surface area contributed by atoms with Crippen molar-refractivity contribution in [3.05, 3.63) is 29.8 Å². The monoisotopic (exact) mass is 207 g/mol. The minimum atomic E-state index is -0.155. The lowest BCUT2D eigenvalue weighted by molar-refractivity contribution is -0.141. The van der Waals surface area contributed by atoms with Crippen LogP contribution in [-0.2, 0) is 16.0 Å². The van der Waals surface area contributed by atoms with Crippen LogP contribution in [0.5, 0.6) is 0 Å². The van der Waals surface area contributed by atoms with Crippen molar-refractivity contribution in [3.8, 4) is 0 Å². The third kappa shape index (κ3) is 4.02. The van der Waals surface area contributed by atoms with E-state index in [-0.39, 0.29) is 5.97 Å². The highest BCUT2D eigenvalue weighted by Crippen LogP contribution is 2.13. The highest BCUT2D eigenvalue weighted by molar-refractivity contribution is 5.69. The minimum Gasteiger partial charge on any atom is -0.469 e. The topological polar surface area (TPSA) is 52.3 Å². The number of esters is 1. The third-order valence-corrected chi connectivity index (χ3v) is 2.31. The molecule has 15 heavy (non-hydrogen) atoms. The number of rotatable bonds is 4. The van der Waals surface area contributed by atoms with E-state index >= 15 is 0 Å². The Morgan fingerprint density at radius 1 is 1.40 bits per heavy atom. The first-order valence-corrected chi connectivity index (χ1v) is 5.03. The SMILES string of the molecule is COC(=O)C[C@@H](C)Cc1ccc(N)cc1. The molecule has 0 heterocycles. The molecule has 82 valence electrons. The molecule has 0 aliphatic carbocycles. The molecule has 0 saturated heterocycles. The molecule has 3 nitrogen and oxygen atoms in total. The van der Waals surface area contributed by atoms with Gasteiger partial charge in [-0.15, -0.1) is 0 Å². The molecule has 0 saturated carbocycles. The van der Waals surface area contributed by atoms with Crippen molar-refractivity contribution < 1.29 is 9.53 Å². The number of ether oxygens (including phenoxy) is 1. The normalized spacial score (nSPS) is 12.1. The molecule has 1 aromatic carbocycles. The van der Waals surface area contributed by atoms with E-state index in [0.29, 0.717) is 12.3 Å². The lowest BCUT2D eigenvalue weighted by Crippen LogP contribution is -2.09. The van der Waals surface area contributed by atoms with Gasteiger partial charge in [0.05, 0.1) is 7.11 Å². The maximum Gasteiger partial charge on any atom is 0.305 e. The van der Waals surface area contributed by atoms with Crippen molar-refractivity contribution in [2.45, 2.75) is 19.8 Å². The van der Waals surface area contributed by atoms with Crippen molar-refractivity contribution in [1.82, 2.24) is 0 Å². The Morgan fingerprint density at radius 2 is 2.00 bits per heavy atom. The Kier molecular flexibility index (Phi) is 4.16. The largest absolute Gasteiger partial charge is 0.469 e. The number of carbonyl (C=O) groups is 1. The van der Waals surface area contributed by atoms with E-state index in [1.54, 1.807) is 0 Å². The van der Waals surface area contributed by atoms with Crippen molar-refractivity contribution in [2.24, 2.45) is 5.92 Å². The molecule has 3 heteroatoms. The van der Waals surface area contributed by atoms with Crippen LogP contribution >= 0.6 is 0 Å². The van der Waals surface area contributed by atoms with Gasteiger partial charge < -0.3 is 10.5 Å². The maximum atomic E-state index is 11.0. The molecule has 1 aromatic rings. The Hall–Kier alpha value is -1.51. The standard InChI is InChI=1S/C12H17NO2/c1-9(8-12(14)15-2)7-10-3-5-11(13)6-4-10/h3-6,9H,7-8,13H2,1-2H3/t9-/m0/s1. The van der Waals surface area contributed by atoms with Crippen LogP contribution in [0.3, 0.4) is 0 Å². The molecular weight excluding hydrogens is 190 g/mol. The summed E-state index contributed by atoms with van der Waals surface area (Å²) in [6, 6.07) is 7.73. The predicted octanol–water partition coefficient (Wildman–Crippen LogP) is 2.01. The van der Waals surface area contributed by atoms with Crippen molar-refractivity contribution in [3.63, 3.8) is 0 Å². The highest BCUT2D eigenvalue weighted by atomic mass is 16.5. The van der Waals surface area contributed by atoms with Gasteiger partial charge in [0.25, 0.3) is 0 Å². The number of nitrogens with two attached hydrogens (primary N) is 1. The molecule has 0 fully saturated rings. The van der Waals surface area contributed by atoms with Gasteiger partial charge in [0, 0.05) is 12.1 Å². The van der Waals surface area contributed by atoms with Gasteiger partial charge in [0.1, 0.15) is 0 Å². The second-order valence-electron chi connectivity index (χ2n) is 3.83. The molecule has 1 rings (SSSR count). The molecule has 2 N–H and O–H groups in total. The van der Waals surface area contributed by atoms with Crippen molar-refractivity contribution in [1.29, 1.82) is 0 Å². The zero-order valence-electron chi connectivity index (χ0n) is 9.19. The highest BCUT2D eigenvalue weighted by Gasteiger charge is 2.09. The fourth-order valence-electron chi connectivity index (χ4n) is 1.50. The molecule has 0 unspecified atom stereocenters. The van der Waals surface area contributed by atoms with Crippen LogP contribution in [0.4, 0.5) is 5.69 Å². The quantitative estimate of drug-likeness (QED) is 0.607. The summed E-state index contributed by atoms with van der Waals surface area (Å²) in [7, 11) is 1.41. The molecule has 0 aliphatic heterocycles. The molecule has 0 spiro atoms. The Labute approximate surface area is 90.2 Å². The van der Waals surface area contributed by atoms with Gasteiger partial charge in [0.15, 0.2) is 0 Å². The fourth-order valence-corrected chi connectivity index (χ4v) is 1.50. The first-order valence-electron chi connectivity index (χ1n) is 5.03. The summed E-state index contributed by atoms with van der Waals surface area (Å²) in [5.74, 6) is 0.138. The second-order valence-corrected chi connectivity index (χ2v) is 3.83. The second kappa shape index (κ2) is 5.39. The van der Waals surface area contributed by atoms with Crippen LogP contribution in [0.25, 0.3) is 0 Å². The average molecular weight is 207 g/mol. The average Bonchev–Trinajstić information content (AvgIpc) is 2.21. The van der Waals surface area contributed by atoms with E-state index in [0.717, 1.165) is 12.1 Å². The van der Waals surface area contributed by atoms with Crippen molar-refractivity contribution in [2.75, 3.05) is 12.8 Å². The first-order chi connectivity index (χ1) is 7.11. The zero-order valence-corrected chi connectivity index (χ0v) is 9.19. The van der Waals surface area contributed by atoms with Gasteiger partial charge in [0.2, 0.25) is 0 Å². The van der Waals surface area contributed by atoms with Crippen LogP contribution < -0.4 is 5.73 Å². The number of nitrogen functional groups attached to an aromatic ring is 1. The third-order valence-electron chi connectivity index (χ3n) is 2.31. The van der Waals surface area contributed by atoms with Crippen LogP contribution in [-0.4, -0.2) is 13.1 Å². The lowest BCUT2D eigenvalue weighted by Gasteiger charge is -2.09. The van der Waals surface area contributed by atoms with Gasteiger partial charge in [-0.1, -0.05) is 19.1 Å². The van der Waals surface area contributed by atoms with Crippen LogP contribution in [0, 0.1) is 5.92 Å². The molecule has 0 aromatic heterocycles. The predicted molar refractivity (Wildman–Crippen MR) is 60.4 cm³/mol. The summed E-state index contributed by atoms with van der Waals surface area (Å²) in [6.07, 6.45) is 1.33. The van der Waals surface area contributed by atoms with E-state index in [4.69, 9.17) is 5.73 Å². The molecule has 0 amide bonds. The summed E-state index contributed by atoms with van der Waals surface area (Å²) < 4.78 is 4.62. The molecular formula is C12H17NO2. The van der Waals surface area contributed by atoms with Gasteiger partial charge >= 0.3 is 5.97 Å². The van der Waals surface area contributed by atoms with E-state index in [1.165, 1.54) is 12.7 Å². The van der Waals surface area contributed by atoms with E-state index in [1.807, 2.05) is 31.2 Å². The summed E-state index contributed by atoms with van der Waals surface area (Å²) in [5, 5.41) is 0. The summed E-state index contributed by atoms with van der Waals surface area (Å²) in [6.45, 7) is 2.03. The molecule has 0 aliphatic rings. The fraction of sp³-hybridized carbons (Fsp3) is 0.417. The van der Waals surface area contributed by atoms with Crippen LogP contribution in [0.15, 0.2) is 24.3 Å². The van der Waals surface area contributed by atoms with Gasteiger partial charge in [-0.05, 0) is 30.0 Å². The summed E-state index contributed by atoms with van der Waals surface area (Å²) >= 11 is 0. The van der Waals surface area contributed by atoms with Gasteiger partial charge in [-0.3, -0.25) is 4.79 Å². The van der Waals surface area contributed by atoms with Gasteiger partial charge in [-0.2, -0.15) is 0 Å². The number of carbonyl (C=O) groups excluding carboxylic acids is 1. The Bertz CT molecular complexity index is 319. The minimum absolute atomic E-state index is 0.155. The number of hydrogen-bond donors (Lipinski definition) is 1. The van der Waals surface area contributed by atoms with Crippen LogP contribution in [0.1, 0.15) is 18.9 Å². The Morgan fingerprint density at radius 3 is 2.53 bits per heavy atom. The smallest absolute Gasteiger partial charge is 0.305 e. The molecule has 0 bridgehead atoms. The number of methoxy groups -OCH3 is 1. The summed E-state index contributed by atoms with van der Waals surface area (Å²) in [4.78, 5) is 11.0. The summed E-state index contributed by atoms with van der Waals surface area (Å²) in [5.41, 5.74) is 7.54. The van der Waals surface area contributed by atoms with Crippen molar-refractivity contribution >= 4 is 11.7 Å². The molecule has 0 radical (unpaired) electrons. The van der Waals surface area contributed by atoms with Gasteiger partial charge in [-0.25, -0.2) is 0 Å². The molecule has 1 atom stereocenters. The number of anilines is 1. The number of benzene rings is 1. The van der Waals surface area contributed by atoms with Crippen LogP contribution in [0.2, 0.25) is 0 Å². The van der Waals surface area contributed by atoms with E-state index in [2.05, 4.69) is 4.74 Å².